The number of benzene rings is 2. The first-order chi connectivity index (χ1) is 14.0. The molecule has 1 heterocycles. The van der Waals surface area contributed by atoms with E-state index in [1.165, 1.54) is 11.3 Å². The summed E-state index contributed by atoms with van der Waals surface area (Å²) in [5.41, 5.74) is 3.52. The number of thiazole rings is 1. The van der Waals surface area contributed by atoms with Crippen molar-refractivity contribution in [2.24, 2.45) is 0 Å². The van der Waals surface area contributed by atoms with Crippen molar-refractivity contribution in [3.8, 4) is 0 Å². The quantitative estimate of drug-likeness (QED) is 0.596. The Morgan fingerprint density at radius 1 is 1.07 bits per heavy atom. The van der Waals surface area contributed by atoms with Crippen LogP contribution in [0.3, 0.4) is 0 Å². The molecule has 0 fully saturated rings. The molecule has 1 aromatic heterocycles. The fourth-order valence-electron chi connectivity index (χ4n) is 2.87. The Kier molecular flexibility index (Phi) is 6.97. The number of likely N-dealkylation sites (N-methyl/N-ethyl adjacent to an activating group) is 1. The molecule has 2 N–H and O–H groups in total. The summed E-state index contributed by atoms with van der Waals surface area (Å²) in [5.74, 6) is 0.0115. The third-order valence-corrected chi connectivity index (χ3v) is 5.14. The van der Waals surface area contributed by atoms with E-state index in [-0.39, 0.29) is 18.4 Å². The van der Waals surface area contributed by atoms with Crippen LogP contribution in [0.2, 0.25) is 0 Å². The largest absolute Gasteiger partial charge is 0.338 e. The molecule has 0 atom stereocenters. The molecule has 3 rings (SSSR count). The first-order valence-corrected chi connectivity index (χ1v) is 10.3. The monoisotopic (exact) mass is 408 g/mol. The molecule has 0 aliphatic heterocycles. The molecule has 0 saturated heterocycles. The zero-order chi connectivity index (χ0) is 20.6. The van der Waals surface area contributed by atoms with Crippen LogP contribution in [-0.4, -0.2) is 28.4 Å². The van der Waals surface area contributed by atoms with Gasteiger partial charge in [-0.1, -0.05) is 42.5 Å². The number of anilines is 2. The van der Waals surface area contributed by atoms with Crippen molar-refractivity contribution < 1.29 is 9.59 Å². The van der Waals surface area contributed by atoms with Gasteiger partial charge in [0.2, 0.25) is 5.91 Å². The predicted octanol–water partition coefficient (Wildman–Crippen LogP) is 4.69. The second kappa shape index (κ2) is 9.84. The van der Waals surface area contributed by atoms with E-state index in [4.69, 9.17) is 0 Å². The highest BCUT2D eigenvalue weighted by atomic mass is 32.1. The van der Waals surface area contributed by atoms with E-state index in [0.29, 0.717) is 29.6 Å². The standard InChI is InChI=1S/C22H24N4O2S/c1-3-26(14-17-9-5-4-6-10-17)20(27)13-19-15-29-22(24-19)25-21(28)23-18-11-7-8-16(2)12-18/h4-12,15H,3,13-14H2,1-2H3,(H2,23,24,25,28). The van der Waals surface area contributed by atoms with Crippen molar-refractivity contribution >= 4 is 34.1 Å². The minimum Gasteiger partial charge on any atom is -0.338 e. The Hall–Kier alpha value is -3.19. The van der Waals surface area contributed by atoms with Crippen LogP contribution < -0.4 is 10.6 Å². The number of aromatic nitrogens is 1. The number of rotatable bonds is 7. The summed E-state index contributed by atoms with van der Waals surface area (Å²) in [6, 6.07) is 17.1. The molecule has 0 aliphatic rings. The minimum atomic E-state index is -0.359. The van der Waals surface area contributed by atoms with Gasteiger partial charge in [0.05, 0.1) is 12.1 Å². The molecule has 7 heteroatoms. The van der Waals surface area contributed by atoms with Crippen molar-refractivity contribution in [1.29, 1.82) is 0 Å². The van der Waals surface area contributed by atoms with Crippen molar-refractivity contribution in [3.63, 3.8) is 0 Å². The smallest absolute Gasteiger partial charge is 0.325 e. The van der Waals surface area contributed by atoms with Crippen molar-refractivity contribution in [3.05, 3.63) is 76.8 Å². The van der Waals surface area contributed by atoms with Gasteiger partial charge in [0.1, 0.15) is 0 Å². The fourth-order valence-corrected chi connectivity index (χ4v) is 3.58. The fraction of sp³-hybridized carbons (Fsp3) is 0.227. The van der Waals surface area contributed by atoms with Crippen molar-refractivity contribution in [1.82, 2.24) is 9.88 Å². The number of hydrogen-bond donors (Lipinski definition) is 2. The molecule has 0 spiro atoms. The van der Waals surface area contributed by atoms with Crippen LogP contribution >= 0.6 is 11.3 Å². The molecule has 6 nitrogen and oxygen atoms in total. The number of hydrogen-bond acceptors (Lipinski definition) is 4. The molecule has 0 aliphatic carbocycles. The Morgan fingerprint density at radius 3 is 2.59 bits per heavy atom. The van der Waals surface area contributed by atoms with Crippen LogP contribution in [0, 0.1) is 6.92 Å². The summed E-state index contributed by atoms with van der Waals surface area (Å²) >= 11 is 1.30. The van der Waals surface area contributed by atoms with Crippen molar-refractivity contribution in [2.45, 2.75) is 26.8 Å². The van der Waals surface area contributed by atoms with E-state index < -0.39 is 0 Å². The van der Waals surface area contributed by atoms with Crippen LogP contribution in [0.25, 0.3) is 0 Å². The van der Waals surface area contributed by atoms with Gasteiger partial charge in [0, 0.05) is 24.2 Å². The summed E-state index contributed by atoms with van der Waals surface area (Å²) in [6.07, 6.45) is 0.207. The molecular weight excluding hydrogens is 384 g/mol. The average molecular weight is 409 g/mol. The van der Waals surface area contributed by atoms with Crippen LogP contribution in [-0.2, 0) is 17.8 Å². The Bertz CT molecular complexity index is 972. The molecule has 0 bridgehead atoms. The molecule has 0 saturated carbocycles. The molecule has 3 amide bonds. The number of carbonyl (C=O) groups excluding carboxylic acids is 2. The SMILES string of the molecule is CCN(Cc1ccccc1)C(=O)Cc1csc(NC(=O)Nc2cccc(C)c2)n1. The van der Waals surface area contributed by atoms with Crippen molar-refractivity contribution in [2.75, 3.05) is 17.2 Å². The Balaban J connectivity index is 1.54. The number of carbonyl (C=O) groups is 2. The van der Waals surface area contributed by atoms with E-state index in [2.05, 4.69) is 15.6 Å². The lowest BCUT2D eigenvalue weighted by Crippen LogP contribution is -2.31. The summed E-state index contributed by atoms with van der Waals surface area (Å²) in [5, 5.41) is 7.76. The highest BCUT2D eigenvalue weighted by Crippen LogP contribution is 2.18. The van der Waals surface area contributed by atoms with Gasteiger partial charge in [-0.05, 0) is 37.1 Å². The number of urea groups is 1. The normalized spacial score (nSPS) is 10.4. The van der Waals surface area contributed by atoms with E-state index in [0.717, 1.165) is 11.1 Å². The number of aryl methyl sites for hydroxylation is 1. The Labute approximate surface area is 174 Å². The van der Waals surface area contributed by atoms with Gasteiger partial charge in [0.15, 0.2) is 5.13 Å². The summed E-state index contributed by atoms with van der Waals surface area (Å²) in [6.45, 7) is 5.13. The Morgan fingerprint density at radius 2 is 1.86 bits per heavy atom. The lowest BCUT2D eigenvalue weighted by Gasteiger charge is -2.20. The molecule has 29 heavy (non-hydrogen) atoms. The topological polar surface area (TPSA) is 74.3 Å². The molecule has 0 unspecified atom stereocenters. The van der Waals surface area contributed by atoms with E-state index >= 15 is 0 Å². The van der Waals surface area contributed by atoms with Gasteiger partial charge >= 0.3 is 6.03 Å². The highest BCUT2D eigenvalue weighted by Gasteiger charge is 2.15. The van der Waals surface area contributed by atoms with Gasteiger partial charge in [-0.15, -0.1) is 11.3 Å². The van der Waals surface area contributed by atoms with E-state index in [1.54, 1.807) is 10.3 Å². The highest BCUT2D eigenvalue weighted by molar-refractivity contribution is 7.14. The average Bonchev–Trinajstić information content (AvgIpc) is 3.13. The van der Waals surface area contributed by atoms with E-state index in [9.17, 15) is 9.59 Å². The first kappa shape index (κ1) is 20.5. The lowest BCUT2D eigenvalue weighted by molar-refractivity contribution is -0.130. The zero-order valence-corrected chi connectivity index (χ0v) is 17.3. The maximum absolute atomic E-state index is 12.6. The second-order valence-electron chi connectivity index (χ2n) is 6.66. The van der Waals surface area contributed by atoms with E-state index in [1.807, 2.05) is 68.4 Å². The van der Waals surface area contributed by atoms with Gasteiger partial charge in [0.25, 0.3) is 0 Å². The summed E-state index contributed by atoms with van der Waals surface area (Å²) in [7, 11) is 0. The molecule has 2 aromatic carbocycles. The molecule has 0 radical (unpaired) electrons. The lowest BCUT2D eigenvalue weighted by atomic mass is 10.2. The van der Waals surface area contributed by atoms with Crippen LogP contribution in [0.15, 0.2) is 60.0 Å². The predicted molar refractivity (Wildman–Crippen MR) is 117 cm³/mol. The maximum Gasteiger partial charge on any atom is 0.325 e. The van der Waals surface area contributed by atoms with Crippen LogP contribution in [0.4, 0.5) is 15.6 Å². The van der Waals surface area contributed by atoms with Crippen LogP contribution in [0.5, 0.6) is 0 Å². The zero-order valence-electron chi connectivity index (χ0n) is 16.5. The summed E-state index contributed by atoms with van der Waals surface area (Å²) in [4.78, 5) is 31.0. The summed E-state index contributed by atoms with van der Waals surface area (Å²) < 4.78 is 0. The third-order valence-electron chi connectivity index (χ3n) is 4.33. The molecular formula is C22H24N4O2S. The van der Waals surface area contributed by atoms with Crippen LogP contribution in [0.1, 0.15) is 23.7 Å². The first-order valence-electron chi connectivity index (χ1n) is 9.44. The maximum atomic E-state index is 12.6. The molecule has 150 valence electrons. The van der Waals surface area contributed by atoms with Gasteiger partial charge in [-0.2, -0.15) is 0 Å². The van der Waals surface area contributed by atoms with Gasteiger partial charge in [-0.3, -0.25) is 10.1 Å². The van der Waals surface area contributed by atoms with Gasteiger partial charge in [-0.25, -0.2) is 9.78 Å². The number of nitrogens with one attached hydrogen (secondary N) is 2. The number of nitrogens with zero attached hydrogens (tertiary/aromatic N) is 2. The minimum absolute atomic E-state index is 0.0115. The van der Waals surface area contributed by atoms with Gasteiger partial charge < -0.3 is 10.2 Å². The second-order valence-corrected chi connectivity index (χ2v) is 7.52. The number of amides is 3. The third kappa shape index (κ3) is 6.15. The molecule has 3 aromatic rings.